The lowest BCUT2D eigenvalue weighted by Gasteiger charge is -2.25. The van der Waals surface area contributed by atoms with Gasteiger partial charge in [0.05, 0.1) is 19.3 Å². The highest BCUT2D eigenvalue weighted by Crippen LogP contribution is 2.07. The molecule has 1 unspecified atom stereocenters. The maximum absolute atomic E-state index is 11.8. The molecule has 0 aliphatic heterocycles. The van der Waals surface area contributed by atoms with Crippen molar-refractivity contribution in [3.05, 3.63) is 35.9 Å². The fraction of sp³-hybridized carbons (Fsp3) is 0.619. The van der Waals surface area contributed by atoms with E-state index in [1.807, 2.05) is 44.2 Å². The van der Waals surface area contributed by atoms with E-state index >= 15 is 0 Å². The molecule has 1 atom stereocenters. The highest BCUT2D eigenvalue weighted by molar-refractivity contribution is 5.71. The number of hydrogen-bond acceptors (Lipinski definition) is 6. The minimum atomic E-state index is -0.847. The molecule has 7 heteroatoms. The van der Waals surface area contributed by atoms with E-state index in [0.717, 1.165) is 5.56 Å². The third-order valence-corrected chi connectivity index (χ3v) is 3.26. The summed E-state index contributed by atoms with van der Waals surface area (Å²) in [7, 11) is 0. The Morgan fingerprint density at radius 3 is 2.32 bits per heavy atom. The molecule has 0 fully saturated rings. The first-order chi connectivity index (χ1) is 13.2. The highest BCUT2D eigenvalue weighted by atomic mass is 16.6. The van der Waals surface area contributed by atoms with Crippen LogP contribution in [0.1, 0.15) is 47.1 Å². The van der Waals surface area contributed by atoms with Gasteiger partial charge in [-0.2, -0.15) is 0 Å². The van der Waals surface area contributed by atoms with Gasteiger partial charge in [-0.1, -0.05) is 44.2 Å². The second-order valence-corrected chi connectivity index (χ2v) is 7.00. The van der Waals surface area contributed by atoms with E-state index in [4.69, 9.17) is 9.47 Å². The van der Waals surface area contributed by atoms with E-state index in [-0.39, 0.29) is 25.6 Å². The van der Waals surface area contributed by atoms with Gasteiger partial charge in [0.1, 0.15) is 5.60 Å². The Bertz CT molecular complexity index is 558. The molecule has 2 N–H and O–H groups in total. The molecule has 1 amide bonds. The van der Waals surface area contributed by atoms with Crippen LogP contribution in [-0.4, -0.2) is 60.0 Å². The topological polar surface area (TPSA) is 88.1 Å². The molecular formula is C21H36N2O5. The third-order valence-electron chi connectivity index (χ3n) is 3.26. The molecule has 0 saturated carbocycles. The Morgan fingerprint density at radius 2 is 1.79 bits per heavy atom. The number of rotatable bonds is 9. The maximum atomic E-state index is 11.8. The normalized spacial score (nSPS) is 11.9. The molecule has 1 aromatic carbocycles. The Morgan fingerprint density at radius 1 is 1.18 bits per heavy atom. The average Bonchev–Trinajstić information content (AvgIpc) is 2.61. The van der Waals surface area contributed by atoms with E-state index < -0.39 is 17.8 Å². The Balaban J connectivity index is 0.00000352. The summed E-state index contributed by atoms with van der Waals surface area (Å²) in [5, 5.41) is 12.8. The number of hydrogen-bond donors (Lipinski definition) is 2. The Kier molecular flexibility index (Phi) is 12.9. The number of esters is 1. The molecule has 0 spiro atoms. The lowest BCUT2D eigenvalue weighted by atomic mass is 10.2. The van der Waals surface area contributed by atoms with Crippen molar-refractivity contribution < 1.29 is 24.2 Å². The Labute approximate surface area is 169 Å². The van der Waals surface area contributed by atoms with E-state index in [2.05, 4.69) is 5.32 Å². The fourth-order valence-electron chi connectivity index (χ4n) is 2.29. The molecule has 0 aromatic heterocycles. The van der Waals surface area contributed by atoms with Crippen molar-refractivity contribution in [3.8, 4) is 0 Å². The van der Waals surface area contributed by atoms with Gasteiger partial charge in [0.15, 0.2) is 0 Å². The zero-order valence-corrected chi connectivity index (χ0v) is 18.0. The van der Waals surface area contributed by atoms with Crippen molar-refractivity contribution in [3.63, 3.8) is 0 Å². The molecule has 160 valence electrons. The molecule has 1 aromatic rings. The number of nitrogens with one attached hydrogen (secondary N) is 1. The standard InChI is InChI=1S/C19H30N2O5.C2H6/c1-5-25-17(23)14-21(12-15-9-7-6-8-10-15)13-16(22)11-20-18(24)26-19(2,3)4;1-2/h6-10,16,22H,5,11-14H2,1-4H3,(H,20,24);1-2H3. The van der Waals surface area contributed by atoms with Gasteiger partial charge in [-0.25, -0.2) is 4.79 Å². The van der Waals surface area contributed by atoms with Gasteiger partial charge in [0, 0.05) is 19.6 Å². The summed E-state index contributed by atoms with van der Waals surface area (Å²) < 4.78 is 10.1. The number of nitrogens with zero attached hydrogens (tertiary/aromatic N) is 1. The highest BCUT2D eigenvalue weighted by Gasteiger charge is 2.19. The lowest BCUT2D eigenvalue weighted by molar-refractivity contribution is -0.144. The summed E-state index contributed by atoms with van der Waals surface area (Å²) in [6.45, 7) is 12.2. The molecule has 7 nitrogen and oxygen atoms in total. The predicted molar refractivity (Wildman–Crippen MR) is 110 cm³/mol. The number of alkyl carbamates (subject to hydrolysis) is 1. The van der Waals surface area contributed by atoms with Crippen LogP contribution < -0.4 is 5.32 Å². The van der Waals surface area contributed by atoms with Crippen molar-refractivity contribution in [1.29, 1.82) is 0 Å². The van der Waals surface area contributed by atoms with Crippen LogP contribution in [0.2, 0.25) is 0 Å². The Hall–Kier alpha value is -2.12. The van der Waals surface area contributed by atoms with Gasteiger partial charge in [0.25, 0.3) is 0 Å². The van der Waals surface area contributed by atoms with Crippen LogP contribution >= 0.6 is 0 Å². The number of ether oxygens (including phenoxy) is 2. The number of aliphatic hydroxyl groups excluding tert-OH is 1. The van der Waals surface area contributed by atoms with E-state index in [9.17, 15) is 14.7 Å². The van der Waals surface area contributed by atoms with Crippen LogP contribution in [0, 0.1) is 0 Å². The zero-order chi connectivity index (χ0) is 21.6. The summed E-state index contributed by atoms with van der Waals surface area (Å²) in [5.41, 5.74) is 0.419. The van der Waals surface area contributed by atoms with Gasteiger partial charge in [0.2, 0.25) is 0 Å². The smallest absolute Gasteiger partial charge is 0.407 e. The predicted octanol–water partition coefficient (Wildman–Crippen LogP) is 2.96. The number of carbonyl (C=O) groups excluding carboxylic acids is 2. The first-order valence-corrected chi connectivity index (χ1v) is 9.76. The number of amides is 1. The van der Waals surface area contributed by atoms with Gasteiger partial charge in [-0.05, 0) is 33.3 Å². The van der Waals surface area contributed by atoms with Crippen LogP contribution in [-0.2, 0) is 20.8 Å². The summed E-state index contributed by atoms with van der Waals surface area (Å²) >= 11 is 0. The van der Waals surface area contributed by atoms with Crippen molar-refractivity contribution in [2.24, 2.45) is 0 Å². The van der Waals surface area contributed by atoms with Gasteiger partial charge < -0.3 is 19.9 Å². The minimum absolute atomic E-state index is 0.0308. The first-order valence-electron chi connectivity index (χ1n) is 9.76. The summed E-state index contributed by atoms with van der Waals surface area (Å²) in [5.74, 6) is -0.351. The number of benzene rings is 1. The van der Waals surface area contributed by atoms with Gasteiger partial charge >= 0.3 is 12.1 Å². The van der Waals surface area contributed by atoms with Crippen molar-refractivity contribution in [2.45, 2.75) is 59.8 Å². The van der Waals surface area contributed by atoms with Gasteiger partial charge in [-0.3, -0.25) is 9.69 Å². The van der Waals surface area contributed by atoms with Crippen LogP contribution in [0.15, 0.2) is 30.3 Å². The largest absolute Gasteiger partial charge is 0.465 e. The van der Waals surface area contributed by atoms with E-state index in [0.29, 0.717) is 13.2 Å². The van der Waals surface area contributed by atoms with Crippen molar-refractivity contribution >= 4 is 12.1 Å². The fourth-order valence-corrected chi connectivity index (χ4v) is 2.29. The van der Waals surface area contributed by atoms with Crippen LogP contribution in [0.25, 0.3) is 0 Å². The molecule has 0 aliphatic rings. The third kappa shape index (κ3) is 13.1. The lowest BCUT2D eigenvalue weighted by Crippen LogP contribution is -2.43. The van der Waals surface area contributed by atoms with Crippen LogP contribution in [0.4, 0.5) is 4.79 Å². The van der Waals surface area contributed by atoms with Crippen LogP contribution in [0.5, 0.6) is 0 Å². The molecule has 28 heavy (non-hydrogen) atoms. The second-order valence-electron chi connectivity index (χ2n) is 7.00. The zero-order valence-electron chi connectivity index (χ0n) is 18.0. The maximum Gasteiger partial charge on any atom is 0.407 e. The van der Waals surface area contributed by atoms with E-state index in [1.165, 1.54) is 0 Å². The average molecular weight is 397 g/mol. The summed E-state index contributed by atoms with van der Waals surface area (Å²) in [4.78, 5) is 25.3. The van der Waals surface area contributed by atoms with Crippen molar-refractivity contribution in [1.82, 2.24) is 10.2 Å². The minimum Gasteiger partial charge on any atom is -0.465 e. The molecule has 0 radical (unpaired) electrons. The summed E-state index contributed by atoms with van der Waals surface area (Å²) in [6, 6.07) is 9.64. The second kappa shape index (κ2) is 14.0. The number of carbonyl (C=O) groups is 2. The summed E-state index contributed by atoms with van der Waals surface area (Å²) in [6.07, 6.45) is -1.43. The molecular weight excluding hydrogens is 360 g/mol. The van der Waals surface area contributed by atoms with Crippen LogP contribution in [0.3, 0.4) is 0 Å². The van der Waals surface area contributed by atoms with Gasteiger partial charge in [-0.15, -0.1) is 0 Å². The molecule has 0 heterocycles. The molecule has 0 bridgehead atoms. The molecule has 0 aliphatic carbocycles. The number of aliphatic hydroxyl groups is 1. The molecule has 1 rings (SSSR count). The monoisotopic (exact) mass is 396 g/mol. The van der Waals surface area contributed by atoms with Crippen molar-refractivity contribution in [2.75, 3.05) is 26.2 Å². The molecule has 0 saturated heterocycles. The van der Waals surface area contributed by atoms with E-state index in [1.54, 1.807) is 32.6 Å². The first kappa shape index (κ1) is 25.9. The quantitative estimate of drug-likeness (QED) is 0.624. The SMILES string of the molecule is CC.CCOC(=O)CN(Cc1ccccc1)CC(O)CNC(=O)OC(C)(C)C.